The number of carbonyl (C=O) groups is 1. The highest BCUT2D eigenvalue weighted by Gasteiger charge is 2.45. The van der Waals surface area contributed by atoms with E-state index < -0.39 is 0 Å². The van der Waals surface area contributed by atoms with Gasteiger partial charge in [0, 0.05) is 43.2 Å². The van der Waals surface area contributed by atoms with Gasteiger partial charge in [0.2, 0.25) is 5.91 Å². The van der Waals surface area contributed by atoms with Crippen molar-refractivity contribution in [2.45, 2.75) is 44.4 Å². The van der Waals surface area contributed by atoms with Crippen molar-refractivity contribution in [2.24, 2.45) is 5.92 Å². The molecule has 0 aromatic carbocycles. The van der Waals surface area contributed by atoms with Crippen molar-refractivity contribution < 1.29 is 9.53 Å². The van der Waals surface area contributed by atoms with Crippen LogP contribution in [-0.2, 0) is 16.1 Å². The highest BCUT2D eigenvalue weighted by Crippen LogP contribution is 2.47. The van der Waals surface area contributed by atoms with Crippen LogP contribution in [0.4, 0.5) is 0 Å². The number of carbonyl (C=O) groups excluding carboxylic acids is 1. The lowest BCUT2D eigenvalue weighted by Crippen LogP contribution is -2.37. The van der Waals surface area contributed by atoms with Gasteiger partial charge < -0.3 is 10.1 Å². The summed E-state index contributed by atoms with van der Waals surface area (Å²) in [5.41, 5.74) is 2.19. The van der Waals surface area contributed by atoms with Crippen molar-refractivity contribution in [1.29, 1.82) is 0 Å². The number of aryl methyl sites for hydroxylation is 1. The lowest BCUT2D eigenvalue weighted by molar-refractivity contribution is -0.123. The molecule has 126 valence electrons. The zero-order valence-corrected chi connectivity index (χ0v) is 13.8. The Hall–Kier alpha value is -2.21. The molecule has 1 aliphatic heterocycles. The van der Waals surface area contributed by atoms with Crippen molar-refractivity contribution in [1.82, 2.24) is 20.1 Å². The van der Waals surface area contributed by atoms with E-state index in [-0.39, 0.29) is 24.0 Å². The van der Waals surface area contributed by atoms with Crippen molar-refractivity contribution in [2.75, 3.05) is 6.61 Å². The Bertz CT molecular complexity index is 715. The third kappa shape index (κ3) is 2.94. The number of aromatic nitrogens is 3. The molecular weight excluding hydrogens is 304 g/mol. The fourth-order valence-electron chi connectivity index (χ4n) is 3.50. The Morgan fingerprint density at radius 1 is 1.42 bits per heavy atom. The van der Waals surface area contributed by atoms with E-state index in [2.05, 4.69) is 22.3 Å². The molecule has 1 N–H and O–H groups in total. The number of ether oxygens (including phenoxy) is 1. The molecule has 2 fully saturated rings. The Morgan fingerprint density at radius 3 is 3.08 bits per heavy atom. The first-order valence-electron chi connectivity index (χ1n) is 8.60. The molecule has 1 saturated heterocycles. The summed E-state index contributed by atoms with van der Waals surface area (Å²) >= 11 is 0. The minimum absolute atomic E-state index is 0.0298. The van der Waals surface area contributed by atoms with Gasteiger partial charge in [0.05, 0.1) is 12.2 Å². The first-order chi connectivity index (χ1) is 11.8. The topological polar surface area (TPSA) is 69.0 Å². The van der Waals surface area contributed by atoms with Gasteiger partial charge in [-0.2, -0.15) is 5.10 Å². The second-order valence-corrected chi connectivity index (χ2v) is 6.56. The zero-order chi connectivity index (χ0) is 16.5. The quantitative estimate of drug-likeness (QED) is 0.913. The van der Waals surface area contributed by atoms with E-state index in [1.807, 2.05) is 35.4 Å². The monoisotopic (exact) mass is 326 g/mol. The maximum atomic E-state index is 12.6. The van der Waals surface area contributed by atoms with Crippen molar-refractivity contribution in [3.05, 3.63) is 48.0 Å². The second kappa shape index (κ2) is 6.36. The molecule has 6 heteroatoms. The number of hydrogen-bond donors (Lipinski definition) is 1. The van der Waals surface area contributed by atoms with E-state index >= 15 is 0 Å². The molecule has 2 aromatic heterocycles. The van der Waals surface area contributed by atoms with Crippen LogP contribution in [0.5, 0.6) is 0 Å². The molecule has 2 aromatic rings. The Labute approximate surface area is 141 Å². The van der Waals surface area contributed by atoms with Crippen LogP contribution in [0.2, 0.25) is 0 Å². The van der Waals surface area contributed by atoms with Crippen LogP contribution in [-0.4, -0.2) is 33.3 Å². The number of amides is 1. The van der Waals surface area contributed by atoms with E-state index in [4.69, 9.17) is 4.74 Å². The average Bonchev–Trinajstić information content (AvgIpc) is 3.05. The van der Waals surface area contributed by atoms with Gasteiger partial charge in [0.25, 0.3) is 0 Å². The van der Waals surface area contributed by atoms with Crippen LogP contribution >= 0.6 is 0 Å². The molecule has 4 rings (SSSR count). The van der Waals surface area contributed by atoms with Crippen molar-refractivity contribution in [3.63, 3.8) is 0 Å². The predicted octanol–water partition coefficient (Wildman–Crippen LogP) is 2.05. The summed E-state index contributed by atoms with van der Waals surface area (Å²) < 4.78 is 7.73. The van der Waals surface area contributed by atoms with Crippen LogP contribution in [0.1, 0.15) is 42.9 Å². The van der Waals surface area contributed by atoms with Gasteiger partial charge in [-0.25, -0.2) is 0 Å². The zero-order valence-electron chi connectivity index (χ0n) is 13.8. The van der Waals surface area contributed by atoms with Crippen molar-refractivity contribution >= 4 is 5.91 Å². The molecule has 3 heterocycles. The van der Waals surface area contributed by atoms with Gasteiger partial charge in [-0.05, 0) is 37.3 Å². The van der Waals surface area contributed by atoms with Crippen molar-refractivity contribution in [3.8, 4) is 0 Å². The third-order valence-electron chi connectivity index (χ3n) is 4.96. The smallest absolute Gasteiger partial charge is 0.224 e. The lowest BCUT2D eigenvalue weighted by atomic mass is 10.0. The number of hydrogen-bond acceptors (Lipinski definition) is 4. The van der Waals surface area contributed by atoms with Crippen LogP contribution in [0.15, 0.2) is 36.9 Å². The fourth-order valence-corrected chi connectivity index (χ4v) is 3.50. The normalized spacial score (nSPS) is 28.7. The van der Waals surface area contributed by atoms with E-state index in [0.29, 0.717) is 12.5 Å². The van der Waals surface area contributed by atoms with Crippen LogP contribution in [0, 0.1) is 5.92 Å². The number of nitrogens with one attached hydrogen (secondary N) is 1. The summed E-state index contributed by atoms with van der Waals surface area (Å²) in [6.07, 6.45) is 9.13. The summed E-state index contributed by atoms with van der Waals surface area (Å²) in [6.45, 7) is 3.56. The molecule has 0 spiro atoms. The minimum atomic E-state index is -0.0927. The molecule has 2 aliphatic rings. The first kappa shape index (κ1) is 15.3. The second-order valence-electron chi connectivity index (χ2n) is 6.56. The lowest BCUT2D eigenvalue weighted by Gasteiger charge is -2.19. The first-order valence-corrected chi connectivity index (χ1v) is 8.60. The van der Waals surface area contributed by atoms with Crippen LogP contribution < -0.4 is 5.32 Å². The van der Waals surface area contributed by atoms with Gasteiger partial charge in [-0.1, -0.05) is 6.07 Å². The van der Waals surface area contributed by atoms with Gasteiger partial charge in [-0.3, -0.25) is 14.5 Å². The van der Waals surface area contributed by atoms with E-state index in [1.165, 1.54) is 0 Å². The summed E-state index contributed by atoms with van der Waals surface area (Å²) in [5.74, 6) is 0.503. The molecule has 6 nitrogen and oxygen atoms in total. The highest BCUT2D eigenvalue weighted by atomic mass is 16.5. The Morgan fingerprint density at radius 2 is 2.33 bits per heavy atom. The Kier molecular flexibility index (Phi) is 4.06. The molecular formula is C18H22N4O2. The molecule has 0 bridgehead atoms. The van der Waals surface area contributed by atoms with Gasteiger partial charge >= 0.3 is 0 Å². The number of nitrogens with zero attached hydrogens (tertiary/aromatic N) is 3. The SMILES string of the molecule is CCn1cc([C@H]2OCC[C@@H]2NC(=O)[C@H]2C[C@H]2c2cccnc2)cn1. The largest absolute Gasteiger partial charge is 0.371 e. The van der Waals surface area contributed by atoms with Crippen LogP contribution in [0.3, 0.4) is 0 Å². The predicted molar refractivity (Wildman–Crippen MR) is 88.2 cm³/mol. The minimum Gasteiger partial charge on any atom is -0.371 e. The third-order valence-corrected chi connectivity index (χ3v) is 4.96. The van der Waals surface area contributed by atoms with Gasteiger partial charge in [0.15, 0.2) is 0 Å². The molecule has 1 aliphatic carbocycles. The average molecular weight is 326 g/mol. The maximum absolute atomic E-state index is 12.6. The standard InChI is InChI=1S/C18H22N4O2/c1-2-22-11-13(10-20-22)17-16(5-7-24-17)21-18(23)15-8-14(15)12-4-3-6-19-9-12/h3-4,6,9-11,14-17H,2,5,7-8H2,1H3,(H,21,23)/t14-,15-,16-,17+/m0/s1. The number of pyridine rings is 1. The Balaban J connectivity index is 1.39. The van der Waals surface area contributed by atoms with Crippen LogP contribution in [0.25, 0.3) is 0 Å². The van der Waals surface area contributed by atoms with E-state index in [1.54, 1.807) is 6.20 Å². The summed E-state index contributed by atoms with van der Waals surface area (Å²) in [7, 11) is 0. The van der Waals surface area contributed by atoms with E-state index in [9.17, 15) is 4.79 Å². The number of rotatable bonds is 5. The fraction of sp³-hybridized carbons (Fsp3) is 0.500. The maximum Gasteiger partial charge on any atom is 0.224 e. The summed E-state index contributed by atoms with van der Waals surface area (Å²) in [5, 5.41) is 7.50. The molecule has 4 atom stereocenters. The highest BCUT2D eigenvalue weighted by molar-refractivity contribution is 5.83. The summed E-state index contributed by atoms with van der Waals surface area (Å²) in [4.78, 5) is 16.7. The molecule has 0 unspecified atom stereocenters. The van der Waals surface area contributed by atoms with E-state index in [0.717, 1.165) is 30.5 Å². The van der Waals surface area contributed by atoms with Gasteiger partial charge in [0.1, 0.15) is 6.10 Å². The molecule has 0 radical (unpaired) electrons. The molecule has 24 heavy (non-hydrogen) atoms. The van der Waals surface area contributed by atoms with Gasteiger partial charge in [-0.15, -0.1) is 0 Å². The summed E-state index contributed by atoms with van der Waals surface area (Å²) in [6, 6.07) is 4.00. The molecule has 1 saturated carbocycles. The molecule has 1 amide bonds.